The third-order valence-electron chi connectivity index (χ3n) is 5.12. The number of aromatic nitrogens is 3. The number of nitrogens with one attached hydrogen (secondary N) is 1. The van der Waals surface area contributed by atoms with Gasteiger partial charge in [0.25, 0.3) is 11.4 Å². The summed E-state index contributed by atoms with van der Waals surface area (Å²) in [7, 11) is 0. The zero-order chi connectivity index (χ0) is 22.4. The van der Waals surface area contributed by atoms with Gasteiger partial charge in [0.15, 0.2) is 5.82 Å². The molecule has 2 aromatic heterocycles. The van der Waals surface area contributed by atoms with Gasteiger partial charge in [0, 0.05) is 28.6 Å². The Bertz CT molecular complexity index is 1320. The molecule has 0 fully saturated rings. The minimum atomic E-state index is -4.47. The zero-order valence-corrected chi connectivity index (χ0v) is 16.7. The number of hydrogen-bond acceptors (Lipinski definition) is 5. The van der Waals surface area contributed by atoms with E-state index in [9.17, 15) is 18.0 Å². The smallest absolute Gasteiger partial charge is 0.334 e. The molecule has 0 saturated carbocycles. The van der Waals surface area contributed by atoms with Crippen LogP contribution in [0, 0.1) is 6.92 Å². The minimum Gasteiger partial charge on any atom is -0.334 e. The van der Waals surface area contributed by atoms with Gasteiger partial charge in [-0.05, 0) is 55.1 Å². The molecule has 0 aliphatic rings. The van der Waals surface area contributed by atoms with Crippen LogP contribution in [-0.2, 0) is 18.1 Å². The van der Waals surface area contributed by atoms with Crippen LogP contribution >= 0.6 is 0 Å². The van der Waals surface area contributed by atoms with Crippen molar-refractivity contribution in [3.63, 3.8) is 0 Å². The monoisotopic (exact) mass is 428 g/mol. The second-order valence-corrected chi connectivity index (χ2v) is 7.77. The second kappa shape index (κ2) is 7.35. The van der Waals surface area contributed by atoms with E-state index in [1.807, 2.05) is 12.1 Å². The third kappa shape index (κ3) is 4.22. The average Bonchev–Trinajstić information content (AvgIpc) is 3.16. The molecule has 160 valence electrons. The quantitative estimate of drug-likeness (QED) is 0.504. The fourth-order valence-electron chi connectivity index (χ4n) is 3.37. The van der Waals surface area contributed by atoms with Crippen LogP contribution in [0.25, 0.3) is 22.4 Å². The Morgan fingerprint density at radius 2 is 1.87 bits per heavy atom. The number of benzene rings is 2. The first kappa shape index (κ1) is 20.8. The van der Waals surface area contributed by atoms with Gasteiger partial charge in [-0.1, -0.05) is 23.4 Å². The van der Waals surface area contributed by atoms with Gasteiger partial charge in [-0.2, -0.15) is 18.2 Å². The molecule has 0 saturated heterocycles. The summed E-state index contributed by atoms with van der Waals surface area (Å²) in [5, 5.41) is 4.76. The van der Waals surface area contributed by atoms with Crippen LogP contribution in [0.1, 0.15) is 29.4 Å². The summed E-state index contributed by atoms with van der Waals surface area (Å²) in [6.45, 7) is 3.51. The van der Waals surface area contributed by atoms with Crippen LogP contribution in [0.5, 0.6) is 0 Å². The predicted octanol–water partition coefficient (Wildman–Crippen LogP) is 4.32. The summed E-state index contributed by atoms with van der Waals surface area (Å²) in [6.07, 6.45) is -4.29. The number of nitrogens with two attached hydrogens (primary N) is 1. The maximum Gasteiger partial charge on any atom is 0.416 e. The van der Waals surface area contributed by atoms with E-state index in [1.165, 1.54) is 12.1 Å². The molecule has 1 atom stereocenters. The molecular formula is C22H19F3N4O2. The fraction of sp³-hybridized carbons (Fsp3) is 0.227. The highest BCUT2D eigenvalue weighted by Gasteiger charge is 2.31. The van der Waals surface area contributed by atoms with Crippen LogP contribution in [0.3, 0.4) is 0 Å². The molecule has 0 radical (unpaired) electrons. The number of fused-ring (bicyclic) bond motifs is 1. The summed E-state index contributed by atoms with van der Waals surface area (Å²) >= 11 is 0. The molecule has 31 heavy (non-hydrogen) atoms. The van der Waals surface area contributed by atoms with Crippen LogP contribution in [0.2, 0.25) is 0 Å². The molecular weight excluding hydrogens is 409 g/mol. The van der Waals surface area contributed by atoms with Crippen molar-refractivity contribution in [1.82, 2.24) is 15.1 Å². The van der Waals surface area contributed by atoms with E-state index in [1.54, 1.807) is 26.0 Å². The fourth-order valence-corrected chi connectivity index (χ4v) is 3.37. The van der Waals surface area contributed by atoms with Crippen LogP contribution < -0.4 is 11.3 Å². The summed E-state index contributed by atoms with van der Waals surface area (Å²) in [5.41, 5.74) is 6.80. The number of nitrogens with zero attached hydrogens (tertiary/aromatic N) is 2. The van der Waals surface area contributed by atoms with Crippen molar-refractivity contribution >= 4 is 10.9 Å². The van der Waals surface area contributed by atoms with Crippen LogP contribution in [0.4, 0.5) is 13.2 Å². The normalized spacial score (nSPS) is 14.0. The van der Waals surface area contributed by atoms with Gasteiger partial charge in [-0.3, -0.25) is 4.79 Å². The lowest BCUT2D eigenvalue weighted by molar-refractivity contribution is -0.137. The van der Waals surface area contributed by atoms with Crippen molar-refractivity contribution in [2.24, 2.45) is 5.73 Å². The predicted molar refractivity (Wildman–Crippen MR) is 109 cm³/mol. The Balaban J connectivity index is 1.61. The molecule has 2 heterocycles. The topological polar surface area (TPSA) is 97.8 Å². The van der Waals surface area contributed by atoms with Gasteiger partial charge < -0.3 is 15.2 Å². The van der Waals surface area contributed by atoms with Gasteiger partial charge >= 0.3 is 6.18 Å². The SMILES string of the molecule is Cc1cc2ccc(C(C)(N)Cc3noc(-c4cccc(C(F)(F)F)c4)n3)cc2[nH]c1=O. The lowest BCUT2D eigenvalue weighted by Crippen LogP contribution is -2.36. The molecule has 0 amide bonds. The van der Waals surface area contributed by atoms with Gasteiger partial charge in [-0.25, -0.2) is 0 Å². The summed E-state index contributed by atoms with van der Waals surface area (Å²) < 4.78 is 44.0. The molecule has 9 heteroatoms. The van der Waals surface area contributed by atoms with Gasteiger partial charge in [0.05, 0.1) is 5.56 Å². The van der Waals surface area contributed by atoms with E-state index in [0.717, 1.165) is 23.1 Å². The highest BCUT2D eigenvalue weighted by molar-refractivity contribution is 5.79. The first-order valence-electron chi connectivity index (χ1n) is 9.46. The third-order valence-corrected chi connectivity index (χ3v) is 5.12. The molecule has 6 nitrogen and oxygen atoms in total. The van der Waals surface area contributed by atoms with E-state index in [4.69, 9.17) is 10.3 Å². The largest absolute Gasteiger partial charge is 0.416 e. The number of aryl methyl sites for hydroxylation is 1. The molecule has 2 aromatic carbocycles. The van der Waals surface area contributed by atoms with Crippen LogP contribution in [0.15, 0.2) is 57.8 Å². The van der Waals surface area contributed by atoms with E-state index >= 15 is 0 Å². The number of aromatic amines is 1. The molecule has 0 spiro atoms. The minimum absolute atomic E-state index is 0.0183. The van der Waals surface area contributed by atoms with Gasteiger partial charge in [-0.15, -0.1) is 0 Å². The Labute approximate surface area is 174 Å². The van der Waals surface area contributed by atoms with Gasteiger partial charge in [0.2, 0.25) is 0 Å². The highest BCUT2D eigenvalue weighted by Crippen LogP contribution is 2.32. The van der Waals surface area contributed by atoms with Crippen molar-refractivity contribution in [2.75, 3.05) is 0 Å². The molecule has 4 aromatic rings. The summed E-state index contributed by atoms with van der Waals surface area (Å²) in [6, 6.07) is 12.0. The van der Waals surface area contributed by atoms with E-state index in [2.05, 4.69) is 15.1 Å². The molecule has 1 unspecified atom stereocenters. The van der Waals surface area contributed by atoms with Crippen molar-refractivity contribution in [1.29, 1.82) is 0 Å². The Hall–Kier alpha value is -3.46. The summed E-state index contributed by atoms with van der Waals surface area (Å²) in [4.78, 5) is 19.0. The lowest BCUT2D eigenvalue weighted by Gasteiger charge is -2.24. The molecule has 0 aliphatic carbocycles. The number of hydrogen-bond donors (Lipinski definition) is 2. The van der Waals surface area contributed by atoms with E-state index in [0.29, 0.717) is 11.1 Å². The van der Waals surface area contributed by atoms with Gasteiger partial charge in [0.1, 0.15) is 0 Å². The maximum absolute atomic E-state index is 13.0. The standard InChI is InChI=1S/C22H19F3N4O2/c1-12-8-13-6-7-15(10-17(13)27-19(12)30)21(2,26)11-18-28-20(31-29-18)14-4-3-5-16(9-14)22(23,24)25/h3-10H,11,26H2,1-2H3,(H,27,30). The van der Waals surface area contributed by atoms with Crippen molar-refractivity contribution in [2.45, 2.75) is 32.0 Å². The lowest BCUT2D eigenvalue weighted by atomic mass is 9.88. The highest BCUT2D eigenvalue weighted by atomic mass is 19.4. The molecule has 4 rings (SSSR count). The Kier molecular flexibility index (Phi) is 4.93. The first-order chi connectivity index (χ1) is 14.5. The molecule has 3 N–H and O–H groups in total. The zero-order valence-electron chi connectivity index (χ0n) is 16.7. The maximum atomic E-state index is 13.0. The van der Waals surface area contributed by atoms with Crippen LogP contribution in [-0.4, -0.2) is 15.1 Å². The number of pyridine rings is 1. The van der Waals surface area contributed by atoms with Crippen molar-refractivity contribution in [3.8, 4) is 11.5 Å². The second-order valence-electron chi connectivity index (χ2n) is 7.77. The number of H-pyrrole nitrogens is 1. The molecule has 0 bridgehead atoms. The molecule has 0 aliphatic heterocycles. The van der Waals surface area contributed by atoms with Crippen molar-refractivity contribution < 1.29 is 17.7 Å². The number of alkyl halides is 3. The summed E-state index contributed by atoms with van der Waals surface area (Å²) in [5.74, 6) is 0.241. The van der Waals surface area contributed by atoms with E-state index in [-0.39, 0.29) is 29.3 Å². The Morgan fingerprint density at radius 3 is 2.61 bits per heavy atom. The van der Waals surface area contributed by atoms with Crippen molar-refractivity contribution in [3.05, 3.63) is 81.4 Å². The number of halogens is 3. The number of rotatable bonds is 4. The average molecular weight is 428 g/mol. The van der Waals surface area contributed by atoms with E-state index < -0.39 is 17.3 Å². The Morgan fingerprint density at radius 1 is 1.10 bits per heavy atom. The first-order valence-corrected chi connectivity index (χ1v) is 9.46.